The third-order valence-electron chi connectivity index (χ3n) is 2.72. The first-order chi connectivity index (χ1) is 5.71. The van der Waals surface area contributed by atoms with Crippen LogP contribution in [0.1, 0.15) is 32.1 Å². The molecule has 1 aliphatic rings. The Hall–Kier alpha value is -0.930. The van der Waals surface area contributed by atoms with Crippen LogP contribution in [0.4, 0.5) is 0 Å². The minimum Gasteiger partial charge on any atom is -0.481 e. The standard InChI is InChI=1S/C8H14N2O2/c9-10-6-5-8(7(11)12)3-1-2-4-8/h9H,1-6H2,(H,11,12). The van der Waals surface area contributed by atoms with E-state index in [9.17, 15) is 4.79 Å². The van der Waals surface area contributed by atoms with Crippen LogP contribution in [0.15, 0.2) is 5.11 Å². The SMILES string of the molecule is N=NCCC1(C(=O)O)CCCC1. The number of nitrogens with one attached hydrogen (secondary N) is 1. The normalized spacial score (nSPS) is 20.7. The molecule has 0 atom stereocenters. The maximum absolute atomic E-state index is 10.9. The van der Waals surface area contributed by atoms with Gasteiger partial charge in [0.2, 0.25) is 0 Å². The molecule has 0 heterocycles. The van der Waals surface area contributed by atoms with Crippen molar-refractivity contribution in [3.05, 3.63) is 0 Å². The van der Waals surface area contributed by atoms with Gasteiger partial charge in [-0.1, -0.05) is 12.8 Å². The average molecular weight is 170 g/mol. The second-order valence-corrected chi connectivity index (χ2v) is 3.42. The van der Waals surface area contributed by atoms with Crippen molar-refractivity contribution in [2.75, 3.05) is 6.54 Å². The van der Waals surface area contributed by atoms with Gasteiger partial charge in [-0.15, -0.1) is 0 Å². The Labute approximate surface area is 71.5 Å². The van der Waals surface area contributed by atoms with E-state index in [-0.39, 0.29) is 0 Å². The lowest BCUT2D eigenvalue weighted by molar-refractivity contribution is -0.148. The number of nitrogens with zero attached hydrogens (tertiary/aromatic N) is 1. The Morgan fingerprint density at radius 1 is 1.50 bits per heavy atom. The molecule has 1 aliphatic carbocycles. The fourth-order valence-electron chi connectivity index (χ4n) is 1.89. The highest BCUT2D eigenvalue weighted by Gasteiger charge is 2.40. The lowest BCUT2D eigenvalue weighted by Gasteiger charge is -2.21. The van der Waals surface area contributed by atoms with Gasteiger partial charge in [0.15, 0.2) is 0 Å². The van der Waals surface area contributed by atoms with Crippen LogP contribution in [-0.2, 0) is 4.79 Å². The van der Waals surface area contributed by atoms with Crippen molar-refractivity contribution >= 4 is 5.97 Å². The number of carboxylic acid groups (broad SMARTS) is 1. The molecule has 2 N–H and O–H groups in total. The van der Waals surface area contributed by atoms with Crippen molar-refractivity contribution in [2.45, 2.75) is 32.1 Å². The number of rotatable bonds is 4. The van der Waals surface area contributed by atoms with E-state index in [1.807, 2.05) is 0 Å². The molecule has 1 fully saturated rings. The Morgan fingerprint density at radius 2 is 2.08 bits per heavy atom. The fraction of sp³-hybridized carbons (Fsp3) is 0.875. The molecule has 0 bridgehead atoms. The molecule has 4 heteroatoms. The Bertz CT molecular complexity index is 185. The molecule has 0 spiro atoms. The summed E-state index contributed by atoms with van der Waals surface area (Å²) in [5, 5.41) is 12.2. The van der Waals surface area contributed by atoms with E-state index in [1.54, 1.807) is 0 Å². The zero-order valence-corrected chi connectivity index (χ0v) is 7.05. The zero-order chi connectivity index (χ0) is 9.03. The topological polar surface area (TPSA) is 73.5 Å². The predicted octanol–water partition coefficient (Wildman–Crippen LogP) is 2.05. The van der Waals surface area contributed by atoms with Crippen molar-refractivity contribution in [1.29, 1.82) is 5.53 Å². The number of hydrogen-bond donors (Lipinski definition) is 2. The van der Waals surface area contributed by atoms with E-state index in [0.717, 1.165) is 25.7 Å². The van der Waals surface area contributed by atoms with Crippen LogP contribution in [0.5, 0.6) is 0 Å². The van der Waals surface area contributed by atoms with Gasteiger partial charge in [0, 0.05) is 0 Å². The van der Waals surface area contributed by atoms with Crippen LogP contribution in [-0.4, -0.2) is 17.6 Å². The van der Waals surface area contributed by atoms with E-state index in [2.05, 4.69) is 5.11 Å². The molecule has 0 unspecified atom stereocenters. The molecule has 0 radical (unpaired) electrons. The molecule has 1 saturated carbocycles. The summed E-state index contributed by atoms with van der Waals surface area (Å²) in [6, 6.07) is 0. The summed E-state index contributed by atoms with van der Waals surface area (Å²) in [6.45, 7) is 0.353. The third kappa shape index (κ3) is 1.62. The summed E-state index contributed by atoms with van der Waals surface area (Å²) in [4.78, 5) is 10.9. The second-order valence-electron chi connectivity index (χ2n) is 3.42. The fourth-order valence-corrected chi connectivity index (χ4v) is 1.89. The molecule has 0 aromatic heterocycles. The highest BCUT2D eigenvalue weighted by molar-refractivity contribution is 5.74. The number of carbonyl (C=O) groups is 1. The number of aliphatic carboxylic acids is 1. The lowest BCUT2D eigenvalue weighted by Crippen LogP contribution is -2.28. The summed E-state index contributed by atoms with van der Waals surface area (Å²) in [5.41, 5.74) is 6.08. The molecule has 4 nitrogen and oxygen atoms in total. The first-order valence-electron chi connectivity index (χ1n) is 4.28. The Kier molecular flexibility index (Phi) is 2.78. The number of hydrogen-bond acceptors (Lipinski definition) is 3. The van der Waals surface area contributed by atoms with Gasteiger partial charge in [-0.05, 0) is 19.3 Å². The molecule has 0 saturated heterocycles. The van der Waals surface area contributed by atoms with Gasteiger partial charge in [-0.3, -0.25) is 4.79 Å². The molecular formula is C8H14N2O2. The zero-order valence-electron chi connectivity index (χ0n) is 7.05. The molecular weight excluding hydrogens is 156 g/mol. The van der Waals surface area contributed by atoms with Crippen molar-refractivity contribution in [3.63, 3.8) is 0 Å². The quantitative estimate of drug-likeness (QED) is 0.633. The Balaban J connectivity index is 2.58. The van der Waals surface area contributed by atoms with Crippen LogP contribution in [0.25, 0.3) is 0 Å². The molecule has 1 rings (SSSR count). The van der Waals surface area contributed by atoms with E-state index in [1.165, 1.54) is 0 Å². The predicted molar refractivity (Wildman–Crippen MR) is 43.2 cm³/mol. The van der Waals surface area contributed by atoms with E-state index >= 15 is 0 Å². The maximum atomic E-state index is 10.9. The van der Waals surface area contributed by atoms with Gasteiger partial charge in [0.25, 0.3) is 0 Å². The largest absolute Gasteiger partial charge is 0.481 e. The third-order valence-corrected chi connectivity index (χ3v) is 2.72. The van der Waals surface area contributed by atoms with Gasteiger partial charge in [-0.25, -0.2) is 5.53 Å². The van der Waals surface area contributed by atoms with Gasteiger partial charge >= 0.3 is 5.97 Å². The summed E-state index contributed by atoms with van der Waals surface area (Å²) in [6.07, 6.45) is 4.07. The van der Waals surface area contributed by atoms with Crippen molar-refractivity contribution in [2.24, 2.45) is 10.5 Å². The Morgan fingerprint density at radius 3 is 2.50 bits per heavy atom. The minimum absolute atomic E-state index is 0.353. The molecule has 12 heavy (non-hydrogen) atoms. The van der Waals surface area contributed by atoms with E-state index in [0.29, 0.717) is 13.0 Å². The molecule has 0 aromatic rings. The lowest BCUT2D eigenvalue weighted by atomic mass is 9.83. The first-order valence-corrected chi connectivity index (χ1v) is 4.28. The van der Waals surface area contributed by atoms with Crippen LogP contribution in [0.3, 0.4) is 0 Å². The molecule has 0 amide bonds. The van der Waals surface area contributed by atoms with Gasteiger partial charge in [0.1, 0.15) is 0 Å². The highest BCUT2D eigenvalue weighted by atomic mass is 16.4. The van der Waals surface area contributed by atoms with Crippen molar-refractivity contribution < 1.29 is 9.90 Å². The molecule has 0 aliphatic heterocycles. The van der Waals surface area contributed by atoms with Crippen molar-refractivity contribution in [1.82, 2.24) is 0 Å². The summed E-state index contributed by atoms with van der Waals surface area (Å²) in [7, 11) is 0. The van der Waals surface area contributed by atoms with Crippen LogP contribution >= 0.6 is 0 Å². The number of carboxylic acids is 1. The van der Waals surface area contributed by atoms with Crippen molar-refractivity contribution in [3.8, 4) is 0 Å². The minimum atomic E-state index is -0.705. The maximum Gasteiger partial charge on any atom is 0.309 e. The molecule has 0 aromatic carbocycles. The van der Waals surface area contributed by atoms with Crippen LogP contribution in [0, 0.1) is 10.9 Å². The van der Waals surface area contributed by atoms with Gasteiger partial charge in [0.05, 0.1) is 12.0 Å². The van der Waals surface area contributed by atoms with E-state index < -0.39 is 11.4 Å². The second kappa shape index (κ2) is 3.65. The summed E-state index contributed by atoms with van der Waals surface area (Å²) >= 11 is 0. The van der Waals surface area contributed by atoms with Crippen LogP contribution < -0.4 is 0 Å². The summed E-state index contributed by atoms with van der Waals surface area (Å²) in [5.74, 6) is -0.705. The van der Waals surface area contributed by atoms with Crippen LogP contribution in [0.2, 0.25) is 0 Å². The highest BCUT2D eigenvalue weighted by Crippen LogP contribution is 2.41. The van der Waals surface area contributed by atoms with E-state index in [4.69, 9.17) is 10.6 Å². The average Bonchev–Trinajstić information content (AvgIpc) is 2.50. The van der Waals surface area contributed by atoms with Gasteiger partial charge in [-0.2, -0.15) is 5.11 Å². The monoisotopic (exact) mass is 170 g/mol. The van der Waals surface area contributed by atoms with Gasteiger partial charge < -0.3 is 5.11 Å². The first kappa shape index (κ1) is 9.16. The molecule has 68 valence electrons. The smallest absolute Gasteiger partial charge is 0.309 e. The summed E-state index contributed by atoms with van der Waals surface area (Å²) < 4.78 is 0.